The van der Waals surface area contributed by atoms with Gasteiger partial charge in [0.15, 0.2) is 6.10 Å². The molecule has 1 aliphatic rings. The van der Waals surface area contributed by atoms with Crippen LogP contribution in [0.5, 0.6) is 0 Å². The Labute approximate surface area is 370 Å². The first-order valence-electron chi connectivity index (χ1n) is 22.8. The lowest BCUT2D eigenvalue weighted by molar-refractivity contribution is -0.220. The number of aliphatic hydroxyl groups excluding tert-OH is 6. The fraction of sp³-hybridized carbons (Fsp3) is 0.702. The van der Waals surface area contributed by atoms with Crippen molar-refractivity contribution in [1.82, 2.24) is 0 Å². The Bertz CT molecular complexity index is 1380. The van der Waals surface area contributed by atoms with Crippen molar-refractivity contribution in [2.24, 2.45) is 0 Å². The van der Waals surface area contributed by atoms with Crippen molar-refractivity contribution in [2.75, 3.05) is 13.2 Å². The lowest BCUT2D eigenvalue weighted by atomic mass is 9.85. The van der Waals surface area contributed by atoms with E-state index < -0.39 is 81.8 Å². The van der Waals surface area contributed by atoms with Crippen LogP contribution >= 0.6 is 7.82 Å². The lowest BCUT2D eigenvalue weighted by Gasteiger charge is -2.41. The monoisotopic (exact) mass is 899 g/mol. The number of aliphatic hydroxyl groups is 6. The molecule has 9 atom stereocenters. The van der Waals surface area contributed by atoms with E-state index in [1.165, 1.54) is 19.3 Å². The van der Waals surface area contributed by atoms with E-state index in [2.05, 4.69) is 38.2 Å². The van der Waals surface area contributed by atoms with Crippen LogP contribution in [0.15, 0.2) is 72.9 Å². The number of hydrogen-bond acceptors (Lipinski definition) is 13. The van der Waals surface area contributed by atoms with Gasteiger partial charge >= 0.3 is 19.8 Å². The van der Waals surface area contributed by atoms with Crippen LogP contribution in [0.2, 0.25) is 0 Å². The van der Waals surface area contributed by atoms with Crippen LogP contribution in [0.3, 0.4) is 0 Å². The van der Waals surface area contributed by atoms with Gasteiger partial charge in [0.2, 0.25) is 0 Å². The van der Waals surface area contributed by atoms with Crippen molar-refractivity contribution < 1.29 is 68.2 Å². The number of carbonyl (C=O) groups excluding carboxylic acids is 2. The molecular formula is C47H79O14P. The van der Waals surface area contributed by atoms with Gasteiger partial charge in [-0.1, -0.05) is 138 Å². The predicted octanol–water partition coefficient (Wildman–Crippen LogP) is 7.69. The molecule has 62 heavy (non-hydrogen) atoms. The first-order valence-corrected chi connectivity index (χ1v) is 24.3. The topological polar surface area (TPSA) is 230 Å². The summed E-state index contributed by atoms with van der Waals surface area (Å²) in [7, 11) is -5.15. The van der Waals surface area contributed by atoms with Crippen molar-refractivity contribution in [1.29, 1.82) is 0 Å². The number of unbranched alkanes of at least 4 members (excludes halogenated alkanes) is 11. The van der Waals surface area contributed by atoms with Crippen LogP contribution < -0.4 is 0 Å². The van der Waals surface area contributed by atoms with Gasteiger partial charge < -0.3 is 45.0 Å². The summed E-state index contributed by atoms with van der Waals surface area (Å²) < 4.78 is 33.4. The van der Waals surface area contributed by atoms with Gasteiger partial charge in [-0.2, -0.15) is 0 Å². The third-order valence-electron chi connectivity index (χ3n) is 10.1. The van der Waals surface area contributed by atoms with Crippen molar-refractivity contribution >= 4 is 19.8 Å². The summed E-state index contributed by atoms with van der Waals surface area (Å²) in [6.07, 6.45) is 28.5. The number of allylic oxidation sites excluding steroid dienone is 11. The second-order valence-electron chi connectivity index (χ2n) is 15.7. The molecule has 0 aromatic carbocycles. The van der Waals surface area contributed by atoms with Gasteiger partial charge in [0.25, 0.3) is 0 Å². The third kappa shape index (κ3) is 28.8. The van der Waals surface area contributed by atoms with Crippen molar-refractivity contribution in [3.05, 3.63) is 72.9 Å². The van der Waals surface area contributed by atoms with Crippen LogP contribution in [0.4, 0.5) is 0 Å². The zero-order valence-corrected chi connectivity index (χ0v) is 38.1. The number of ether oxygens (including phenoxy) is 2. The quantitative estimate of drug-likeness (QED) is 0.0105. The minimum atomic E-state index is -5.15. The van der Waals surface area contributed by atoms with Crippen LogP contribution in [0.1, 0.15) is 149 Å². The molecule has 1 aliphatic carbocycles. The summed E-state index contributed by atoms with van der Waals surface area (Å²) in [5.74, 6) is -1.21. The number of phosphoric acid groups is 1. The summed E-state index contributed by atoms with van der Waals surface area (Å²) in [6.45, 7) is 3.07. The average molecular weight is 899 g/mol. The maximum absolute atomic E-state index is 12.8. The second-order valence-corrected chi connectivity index (χ2v) is 17.2. The smallest absolute Gasteiger partial charge is 0.462 e. The minimum Gasteiger partial charge on any atom is -0.462 e. The van der Waals surface area contributed by atoms with E-state index in [1.807, 2.05) is 42.5 Å². The van der Waals surface area contributed by atoms with E-state index in [0.717, 1.165) is 83.5 Å². The highest BCUT2D eigenvalue weighted by Gasteiger charge is 2.51. The predicted molar refractivity (Wildman–Crippen MR) is 241 cm³/mol. The highest BCUT2D eigenvalue weighted by Crippen LogP contribution is 2.47. The number of rotatable bonds is 36. The highest BCUT2D eigenvalue weighted by atomic mass is 31.2. The van der Waals surface area contributed by atoms with E-state index >= 15 is 0 Å². The SMILES string of the molecule is CCCCC/C=C\C/C=C\CCCCCCCC(=O)O[C@H](COC(=O)CCC/C=C\C/C=C\C/C=C\C=C\[C@H](O)CCCCC)COP(=O)(O)OC1[C@H](O)[C@H](O)C(O)[C@H](O)[C@H]1O. The Balaban J connectivity index is 2.54. The fourth-order valence-electron chi connectivity index (χ4n) is 6.36. The summed E-state index contributed by atoms with van der Waals surface area (Å²) in [5.41, 5.74) is 0. The third-order valence-corrected chi connectivity index (χ3v) is 11.1. The second kappa shape index (κ2) is 36.6. The van der Waals surface area contributed by atoms with E-state index in [9.17, 15) is 49.7 Å². The standard InChI is InChI=1S/C47H79O14P/c1-3-5-7-8-9-10-11-12-13-14-17-21-24-27-31-35-41(50)60-39(37-59-62(56,57)61-47-45(54)43(52)42(51)44(53)46(47)55)36-58-40(49)34-30-26-23-20-18-15-16-19-22-25-29-33-38(48)32-28-6-4-2/h9-10,12-13,15-16,20,22-23,25,29,33,38-39,42-48,51-55H,3-8,11,14,17-19,21,24,26-28,30-32,34-37H2,1-2H3,(H,56,57)/b10-9-,13-12-,16-15-,23-20-,25-22-,33-29+/t38-,39-,42?,43-,44+,45-,46-,47?/m1/s1. The maximum Gasteiger partial charge on any atom is 0.472 e. The Morgan fingerprint density at radius 1 is 0.581 bits per heavy atom. The maximum atomic E-state index is 12.8. The zero-order chi connectivity index (χ0) is 45.9. The Morgan fingerprint density at radius 2 is 1.08 bits per heavy atom. The molecule has 0 saturated heterocycles. The molecule has 1 fully saturated rings. The van der Waals surface area contributed by atoms with Crippen LogP contribution in [0.25, 0.3) is 0 Å². The number of esters is 2. The molecule has 0 heterocycles. The Hall–Kier alpha value is -2.75. The Kier molecular flexibility index (Phi) is 33.8. The first-order chi connectivity index (χ1) is 29.8. The molecular weight excluding hydrogens is 819 g/mol. The van der Waals surface area contributed by atoms with Crippen molar-refractivity contribution in [3.8, 4) is 0 Å². The van der Waals surface area contributed by atoms with Gasteiger partial charge in [0, 0.05) is 12.8 Å². The van der Waals surface area contributed by atoms with E-state index in [4.69, 9.17) is 18.5 Å². The summed E-state index contributed by atoms with van der Waals surface area (Å²) in [6, 6.07) is 0. The van der Waals surface area contributed by atoms with E-state index in [0.29, 0.717) is 19.3 Å². The number of hydrogen-bond donors (Lipinski definition) is 7. The number of carbonyl (C=O) groups is 2. The molecule has 0 radical (unpaired) electrons. The molecule has 0 amide bonds. The molecule has 0 bridgehead atoms. The molecule has 0 spiro atoms. The molecule has 356 valence electrons. The molecule has 0 aromatic heterocycles. The van der Waals surface area contributed by atoms with Gasteiger partial charge in [-0.3, -0.25) is 18.6 Å². The van der Waals surface area contributed by atoms with E-state index in [1.54, 1.807) is 6.08 Å². The van der Waals surface area contributed by atoms with Crippen molar-refractivity contribution in [3.63, 3.8) is 0 Å². The highest BCUT2D eigenvalue weighted by molar-refractivity contribution is 7.47. The molecule has 0 aliphatic heterocycles. The van der Waals surface area contributed by atoms with Gasteiger partial charge in [0.05, 0.1) is 12.7 Å². The molecule has 0 aromatic rings. The van der Waals surface area contributed by atoms with Crippen LogP contribution in [-0.2, 0) is 32.7 Å². The average Bonchev–Trinajstić information content (AvgIpc) is 3.25. The largest absolute Gasteiger partial charge is 0.472 e. The minimum absolute atomic E-state index is 0.0562. The Morgan fingerprint density at radius 3 is 1.71 bits per heavy atom. The van der Waals surface area contributed by atoms with Gasteiger partial charge in [-0.25, -0.2) is 4.57 Å². The zero-order valence-electron chi connectivity index (χ0n) is 37.2. The lowest BCUT2D eigenvalue weighted by Crippen LogP contribution is -2.64. The van der Waals surface area contributed by atoms with Gasteiger partial charge in [0.1, 0.15) is 43.2 Å². The first kappa shape index (κ1) is 57.3. The van der Waals surface area contributed by atoms with E-state index in [-0.39, 0.29) is 12.8 Å². The fourth-order valence-corrected chi connectivity index (χ4v) is 7.33. The molecule has 7 N–H and O–H groups in total. The summed E-state index contributed by atoms with van der Waals surface area (Å²) in [4.78, 5) is 35.7. The van der Waals surface area contributed by atoms with Crippen molar-refractivity contribution in [2.45, 2.75) is 198 Å². The van der Waals surface area contributed by atoms with Crippen LogP contribution in [0, 0.1) is 0 Å². The normalized spacial score (nSPS) is 23.0. The molecule has 14 nitrogen and oxygen atoms in total. The summed E-state index contributed by atoms with van der Waals surface area (Å²) >= 11 is 0. The van der Waals surface area contributed by atoms with Crippen LogP contribution in [-0.4, -0.2) is 110 Å². The molecule has 3 unspecified atom stereocenters. The van der Waals surface area contributed by atoms with Gasteiger partial charge in [-0.15, -0.1) is 0 Å². The van der Waals surface area contributed by atoms with Gasteiger partial charge in [-0.05, 0) is 70.6 Å². The molecule has 15 heteroatoms. The molecule has 1 saturated carbocycles. The molecule has 1 rings (SSSR count). The summed E-state index contributed by atoms with van der Waals surface area (Å²) in [5, 5.41) is 60.0. The number of phosphoric ester groups is 1.